The lowest BCUT2D eigenvalue weighted by molar-refractivity contribution is -0.135. The van der Waals surface area contributed by atoms with Crippen molar-refractivity contribution in [1.82, 2.24) is 14.7 Å². The zero-order valence-electron chi connectivity index (χ0n) is 17.9. The second kappa shape index (κ2) is 10.2. The smallest absolute Gasteiger partial charge is 0.238 e. The van der Waals surface area contributed by atoms with Crippen LogP contribution in [0.15, 0.2) is 18.2 Å². The van der Waals surface area contributed by atoms with Crippen molar-refractivity contribution in [2.75, 3.05) is 70.9 Å². The summed E-state index contributed by atoms with van der Waals surface area (Å²) in [5, 5.41) is 3.12. The van der Waals surface area contributed by atoms with Crippen molar-refractivity contribution in [1.29, 1.82) is 0 Å². The molecule has 0 radical (unpaired) electrons. The summed E-state index contributed by atoms with van der Waals surface area (Å²) < 4.78 is 5.34. The van der Waals surface area contributed by atoms with Gasteiger partial charge in [-0.25, -0.2) is 0 Å². The van der Waals surface area contributed by atoms with Gasteiger partial charge in [-0.3, -0.25) is 19.4 Å². The van der Waals surface area contributed by atoms with Gasteiger partial charge in [-0.1, -0.05) is 32.0 Å². The largest absolute Gasteiger partial charge is 0.379 e. The number of nitrogens with one attached hydrogen (secondary N) is 1. The molecule has 0 saturated carbocycles. The number of hydrogen-bond donors (Lipinski definition) is 1. The Hall–Kier alpha value is -1.96. The first-order chi connectivity index (χ1) is 13.9. The number of morpholine rings is 1. The Morgan fingerprint density at radius 2 is 1.66 bits per heavy atom. The van der Waals surface area contributed by atoms with Gasteiger partial charge in [0.1, 0.15) is 0 Å². The summed E-state index contributed by atoms with van der Waals surface area (Å²) in [6.07, 6.45) is 0. The normalized spacial score (nSPS) is 18.8. The first-order valence-electron chi connectivity index (χ1n) is 10.6. The summed E-state index contributed by atoms with van der Waals surface area (Å²) in [4.78, 5) is 31.4. The summed E-state index contributed by atoms with van der Waals surface area (Å²) in [6, 6.07) is 6.14. The molecule has 0 bridgehead atoms. The summed E-state index contributed by atoms with van der Waals surface area (Å²) in [7, 11) is 0. The first kappa shape index (κ1) is 21.7. The minimum atomic E-state index is 0.00860. The highest BCUT2D eigenvalue weighted by molar-refractivity contribution is 5.94. The van der Waals surface area contributed by atoms with E-state index in [9.17, 15) is 9.59 Å². The number of para-hydroxylation sites is 1. The van der Waals surface area contributed by atoms with Crippen LogP contribution in [0.2, 0.25) is 0 Å². The predicted molar refractivity (Wildman–Crippen MR) is 114 cm³/mol. The molecule has 1 N–H and O–H groups in total. The number of ether oxygens (including phenoxy) is 1. The van der Waals surface area contributed by atoms with Gasteiger partial charge in [0.25, 0.3) is 0 Å². The fraction of sp³-hybridized carbons (Fsp3) is 0.636. The van der Waals surface area contributed by atoms with Crippen LogP contribution < -0.4 is 5.32 Å². The molecule has 0 atom stereocenters. The number of piperazine rings is 1. The Morgan fingerprint density at radius 3 is 2.31 bits per heavy atom. The second-order valence-corrected chi connectivity index (χ2v) is 8.29. The molecule has 7 nitrogen and oxygen atoms in total. The van der Waals surface area contributed by atoms with E-state index in [0.717, 1.165) is 43.0 Å². The van der Waals surface area contributed by atoms with Crippen molar-refractivity contribution in [3.05, 3.63) is 29.3 Å². The molecular weight excluding hydrogens is 368 g/mol. The highest BCUT2D eigenvalue weighted by Crippen LogP contribution is 2.27. The number of aryl methyl sites for hydroxylation is 1. The number of nitrogens with zero attached hydrogens (tertiary/aromatic N) is 3. The third kappa shape index (κ3) is 6.01. The monoisotopic (exact) mass is 402 g/mol. The fourth-order valence-electron chi connectivity index (χ4n) is 3.93. The third-order valence-corrected chi connectivity index (χ3v) is 5.75. The number of benzene rings is 1. The van der Waals surface area contributed by atoms with E-state index in [1.165, 1.54) is 0 Å². The van der Waals surface area contributed by atoms with E-state index in [0.29, 0.717) is 45.3 Å². The summed E-state index contributed by atoms with van der Waals surface area (Å²) in [5.41, 5.74) is 3.19. The summed E-state index contributed by atoms with van der Waals surface area (Å²) >= 11 is 0. The van der Waals surface area contributed by atoms with Crippen molar-refractivity contribution in [3.63, 3.8) is 0 Å². The number of rotatable bonds is 6. The van der Waals surface area contributed by atoms with Crippen molar-refractivity contribution in [2.24, 2.45) is 0 Å². The molecule has 0 unspecified atom stereocenters. The van der Waals surface area contributed by atoms with Crippen molar-refractivity contribution < 1.29 is 14.3 Å². The Balaban J connectivity index is 1.46. The van der Waals surface area contributed by atoms with Crippen LogP contribution in [-0.4, -0.2) is 92.1 Å². The zero-order valence-corrected chi connectivity index (χ0v) is 17.9. The molecule has 160 valence electrons. The van der Waals surface area contributed by atoms with E-state index in [1.54, 1.807) is 0 Å². The standard InChI is InChI=1S/C22H34N4O3/c1-17(2)19-6-4-5-18(3)22(19)23-20(27)15-24-7-9-26(10-8-24)21(28)16-25-11-13-29-14-12-25/h4-6,17H,7-16H2,1-3H3,(H,23,27). The lowest BCUT2D eigenvalue weighted by Gasteiger charge is -2.36. The van der Waals surface area contributed by atoms with E-state index in [1.807, 2.05) is 24.0 Å². The van der Waals surface area contributed by atoms with Crippen LogP contribution in [0.25, 0.3) is 0 Å². The molecule has 2 saturated heterocycles. The van der Waals surface area contributed by atoms with Gasteiger partial charge in [0.05, 0.1) is 26.3 Å². The average Bonchev–Trinajstić information content (AvgIpc) is 2.70. The Kier molecular flexibility index (Phi) is 7.64. The maximum atomic E-state index is 12.6. The Labute approximate surface area is 174 Å². The number of anilines is 1. The average molecular weight is 403 g/mol. The summed E-state index contributed by atoms with van der Waals surface area (Å²) in [5.74, 6) is 0.540. The van der Waals surface area contributed by atoms with E-state index in [2.05, 4.69) is 35.0 Å². The lowest BCUT2D eigenvalue weighted by atomic mass is 9.98. The van der Waals surface area contributed by atoms with Gasteiger partial charge in [0, 0.05) is 45.0 Å². The molecule has 0 spiro atoms. The molecule has 2 amide bonds. The van der Waals surface area contributed by atoms with Crippen molar-refractivity contribution in [2.45, 2.75) is 26.7 Å². The molecular formula is C22H34N4O3. The van der Waals surface area contributed by atoms with Crippen LogP contribution in [0.3, 0.4) is 0 Å². The van der Waals surface area contributed by atoms with Crippen LogP contribution in [0, 0.1) is 6.92 Å². The number of hydrogen-bond acceptors (Lipinski definition) is 5. The number of carbonyl (C=O) groups excluding carboxylic acids is 2. The molecule has 1 aromatic carbocycles. The van der Waals surface area contributed by atoms with Crippen LogP contribution in [-0.2, 0) is 14.3 Å². The fourth-order valence-corrected chi connectivity index (χ4v) is 3.93. The van der Waals surface area contributed by atoms with Gasteiger partial charge in [-0.15, -0.1) is 0 Å². The first-order valence-corrected chi connectivity index (χ1v) is 10.6. The number of carbonyl (C=O) groups is 2. The van der Waals surface area contributed by atoms with E-state index < -0.39 is 0 Å². The molecule has 1 aromatic rings. The third-order valence-electron chi connectivity index (χ3n) is 5.75. The van der Waals surface area contributed by atoms with Crippen LogP contribution in [0.1, 0.15) is 30.9 Å². The van der Waals surface area contributed by atoms with E-state index in [4.69, 9.17) is 4.74 Å². The van der Waals surface area contributed by atoms with Crippen LogP contribution in [0.4, 0.5) is 5.69 Å². The SMILES string of the molecule is Cc1cccc(C(C)C)c1NC(=O)CN1CCN(C(=O)CN2CCOCC2)CC1. The van der Waals surface area contributed by atoms with Gasteiger partial charge in [-0.2, -0.15) is 0 Å². The maximum Gasteiger partial charge on any atom is 0.238 e. The molecule has 0 aliphatic carbocycles. The molecule has 2 aliphatic rings. The predicted octanol–water partition coefficient (Wildman–Crippen LogP) is 1.53. The minimum absolute atomic E-state index is 0.00860. The van der Waals surface area contributed by atoms with Gasteiger partial charge < -0.3 is 15.0 Å². The zero-order chi connectivity index (χ0) is 20.8. The molecule has 2 fully saturated rings. The maximum absolute atomic E-state index is 12.6. The van der Waals surface area contributed by atoms with Gasteiger partial charge in [0.15, 0.2) is 0 Å². The van der Waals surface area contributed by atoms with Crippen LogP contribution in [0.5, 0.6) is 0 Å². The quantitative estimate of drug-likeness (QED) is 0.782. The molecule has 7 heteroatoms. The Morgan fingerprint density at radius 1 is 1.00 bits per heavy atom. The topological polar surface area (TPSA) is 65.1 Å². The molecule has 0 aromatic heterocycles. The minimum Gasteiger partial charge on any atom is -0.379 e. The molecule has 3 rings (SSSR count). The molecule has 2 heterocycles. The second-order valence-electron chi connectivity index (χ2n) is 8.29. The van der Waals surface area contributed by atoms with E-state index in [-0.39, 0.29) is 11.8 Å². The number of amides is 2. The highest BCUT2D eigenvalue weighted by Gasteiger charge is 2.24. The van der Waals surface area contributed by atoms with Crippen molar-refractivity contribution >= 4 is 17.5 Å². The highest BCUT2D eigenvalue weighted by atomic mass is 16.5. The summed E-state index contributed by atoms with van der Waals surface area (Å²) in [6.45, 7) is 13.0. The van der Waals surface area contributed by atoms with Gasteiger partial charge >= 0.3 is 0 Å². The Bertz CT molecular complexity index is 708. The molecule has 2 aliphatic heterocycles. The molecule has 29 heavy (non-hydrogen) atoms. The van der Waals surface area contributed by atoms with E-state index >= 15 is 0 Å². The van der Waals surface area contributed by atoms with Gasteiger partial charge in [0.2, 0.25) is 11.8 Å². The van der Waals surface area contributed by atoms with Crippen LogP contribution >= 0.6 is 0 Å². The lowest BCUT2D eigenvalue weighted by Crippen LogP contribution is -2.53. The van der Waals surface area contributed by atoms with Gasteiger partial charge in [-0.05, 0) is 24.0 Å². The van der Waals surface area contributed by atoms with Crippen molar-refractivity contribution in [3.8, 4) is 0 Å².